The van der Waals surface area contributed by atoms with Crippen LogP contribution in [0.25, 0.3) is 44.3 Å². The third-order valence-corrected chi connectivity index (χ3v) is 4.67. The molecule has 2 aromatic carbocycles. The van der Waals surface area contributed by atoms with Gasteiger partial charge in [0.15, 0.2) is 0 Å². The van der Waals surface area contributed by atoms with Gasteiger partial charge in [0, 0.05) is 103 Å². The molecular weight excluding hydrogens is 467 g/mol. The first kappa shape index (κ1) is 19.6. The molecule has 1 N–H and O–H groups in total. The Labute approximate surface area is 221 Å². The van der Waals surface area contributed by atoms with E-state index in [-0.39, 0.29) is 74.6 Å². The van der Waals surface area contributed by atoms with Crippen molar-refractivity contribution in [2.45, 2.75) is 0 Å². The zero-order chi connectivity index (χ0) is 18.2. The quantitative estimate of drug-likeness (QED) is 0.366. The van der Waals surface area contributed by atoms with Crippen molar-refractivity contribution in [3.63, 3.8) is 0 Å². The first-order valence-electron chi connectivity index (χ1n) is 8.69. The van der Waals surface area contributed by atoms with E-state index in [4.69, 9.17) is 4.98 Å². The number of aromatic nitrogens is 3. The SMILES string of the molecule is Oc1ccc(-c2ccc3ccc4cccnc4c3n2)cc1-c1ccccn1.[Cs]. The van der Waals surface area contributed by atoms with Gasteiger partial charge < -0.3 is 5.11 Å². The molecule has 129 valence electrons. The molecule has 5 aromatic rings. The van der Waals surface area contributed by atoms with Crippen molar-refractivity contribution in [1.82, 2.24) is 15.0 Å². The van der Waals surface area contributed by atoms with Gasteiger partial charge in [-0.2, -0.15) is 0 Å². The summed E-state index contributed by atoms with van der Waals surface area (Å²) in [6.07, 6.45) is 3.50. The number of hydrogen-bond acceptors (Lipinski definition) is 4. The summed E-state index contributed by atoms with van der Waals surface area (Å²) < 4.78 is 0. The number of hydrogen-bond donors (Lipinski definition) is 1. The standard InChI is InChI=1S/C23H15N3O.Cs/c27-21-11-9-17(14-18(21)20-5-1-2-12-24-20)19-10-8-16-7-6-15-4-3-13-25-22(15)23(16)26-19;/h1-14,27H;. The smallest absolute Gasteiger partial charge is 0.125 e. The summed E-state index contributed by atoms with van der Waals surface area (Å²) >= 11 is 0. The van der Waals surface area contributed by atoms with Gasteiger partial charge in [-0.1, -0.05) is 30.3 Å². The molecule has 5 heteroatoms. The summed E-state index contributed by atoms with van der Waals surface area (Å²) in [4.78, 5) is 13.7. The first-order chi connectivity index (χ1) is 13.3. The predicted molar refractivity (Wildman–Crippen MR) is 113 cm³/mol. The number of rotatable bonds is 2. The molecule has 0 saturated heterocycles. The van der Waals surface area contributed by atoms with Crippen molar-refractivity contribution in [1.29, 1.82) is 0 Å². The van der Waals surface area contributed by atoms with Crippen LogP contribution >= 0.6 is 0 Å². The number of fused-ring (bicyclic) bond motifs is 3. The zero-order valence-electron chi connectivity index (χ0n) is 15.4. The van der Waals surface area contributed by atoms with Crippen LogP contribution in [0.3, 0.4) is 0 Å². The molecule has 0 spiro atoms. The van der Waals surface area contributed by atoms with Crippen LogP contribution in [0.4, 0.5) is 0 Å². The summed E-state index contributed by atoms with van der Waals surface area (Å²) in [5, 5.41) is 12.4. The van der Waals surface area contributed by atoms with Gasteiger partial charge in [-0.05, 0) is 42.5 Å². The Morgan fingerprint density at radius 1 is 0.643 bits per heavy atom. The fourth-order valence-corrected chi connectivity index (χ4v) is 3.31. The van der Waals surface area contributed by atoms with E-state index in [1.54, 1.807) is 18.5 Å². The number of aromatic hydroxyl groups is 1. The Hall–Kier alpha value is -1.74. The van der Waals surface area contributed by atoms with Gasteiger partial charge in [-0.15, -0.1) is 0 Å². The molecule has 0 aliphatic heterocycles. The summed E-state index contributed by atoms with van der Waals surface area (Å²) in [5.41, 5.74) is 4.93. The topological polar surface area (TPSA) is 58.9 Å². The van der Waals surface area contributed by atoms with Crippen LogP contribution < -0.4 is 0 Å². The van der Waals surface area contributed by atoms with Crippen LogP contribution in [-0.2, 0) is 0 Å². The Bertz CT molecular complexity index is 1290. The Morgan fingerprint density at radius 3 is 2.25 bits per heavy atom. The molecule has 0 fully saturated rings. The van der Waals surface area contributed by atoms with E-state index in [9.17, 15) is 5.11 Å². The minimum Gasteiger partial charge on any atom is -0.507 e. The molecule has 28 heavy (non-hydrogen) atoms. The van der Waals surface area contributed by atoms with Gasteiger partial charge in [0.1, 0.15) is 5.75 Å². The Kier molecular flexibility index (Phi) is 5.82. The second kappa shape index (κ2) is 8.33. The maximum atomic E-state index is 10.3. The maximum absolute atomic E-state index is 10.3. The second-order valence-electron chi connectivity index (χ2n) is 6.36. The van der Waals surface area contributed by atoms with Crippen molar-refractivity contribution in [3.8, 4) is 28.3 Å². The molecule has 0 aliphatic carbocycles. The van der Waals surface area contributed by atoms with E-state index >= 15 is 0 Å². The molecule has 4 nitrogen and oxygen atoms in total. The molecule has 0 bridgehead atoms. The van der Waals surface area contributed by atoms with Gasteiger partial charge in [0.25, 0.3) is 0 Å². The average Bonchev–Trinajstić information content (AvgIpc) is 2.74. The number of nitrogens with zero attached hydrogens (tertiary/aromatic N) is 3. The minimum atomic E-state index is 0. The fourth-order valence-electron chi connectivity index (χ4n) is 3.31. The van der Waals surface area contributed by atoms with Crippen molar-refractivity contribution in [2.75, 3.05) is 0 Å². The number of phenolic OH excluding ortho intramolecular Hbond substituents is 1. The van der Waals surface area contributed by atoms with Gasteiger partial charge in [0.2, 0.25) is 0 Å². The number of benzene rings is 2. The normalized spacial score (nSPS) is 10.7. The van der Waals surface area contributed by atoms with Crippen LogP contribution in [0.5, 0.6) is 5.75 Å². The molecule has 0 atom stereocenters. The Balaban J connectivity index is 0.00000192. The van der Waals surface area contributed by atoms with E-state index in [1.165, 1.54) is 0 Å². The van der Waals surface area contributed by atoms with Crippen LogP contribution in [0.1, 0.15) is 0 Å². The van der Waals surface area contributed by atoms with Crippen molar-refractivity contribution in [2.24, 2.45) is 0 Å². The summed E-state index contributed by atoms with van der Waals surface area (Å²) in [6, 6.07) is 23.2. The average molecular weight is 482 g/mol. The van der Waals surface area contributed by atoms with Crippen LogP contribution in [0, 0.1) is 0 Å². The molecule has 3 aromatic heterocycles. The third kappa shape index (κ3) is 3.62. The van der Waals surface area contributed by atoms with Gasteiger partial charge >= 0.3 is 0 Å². The maximum Gasteiger partial charge on any atom is 0.125 e. The zero-order valence-corrected chi connectivity index (χ0v) is 21.7. The van der Waals surface area contributed by atoms with Crippen molar-refractivity contribution in [3.05, 3.63) is 85.2 Å². The summed E-state index contributed by atoms with van der Waals surface area (Å²) in [7, 11) is 0. The van der Waals surface area contributed by atoms with E-state index < -0.39 is 0 Å². The van der Waals surface area contributed by atoms with Crippen LogP contribution in [0.15, 0.2) is 85.2 Å². The van der Waals surface area contributed by atoms with Crippen molar-refractivity contribution < 1.29 is 5.11 Å². The van der Waals surface area contributed by atoms with E-state index in [0.29, 0.717) is 5.56 Å². The second-order valence-corrected chi connectivity index (χ2v) is 6.36. The molecule has 5 rings (SSSR count). The predicted octanol–water partition coefficient (Wildman–Crippen LogP) is 4.84. The van der Waals surface area contributed by atoms with E-state index in [2.05, 4.69) is 28.2 Å². The van der Waals surface area contributed by atoms with Crippen LogP contribution in [-0.4, -0.2) is 89.0 Å². The summed E-state index contributed by atoms with van der Waals surface area (Å²) in [6.45, 7) is 0. The molecule has 0 aliphatic rings. The summed E-state index contributed by atoms with van der Waals surface area (Å²) in [5.74, 6) is 0.199. The molecule has 1 radical (unpaired) electrons. The van der Waals surface area contributed by atoms with Crippen molar-refractivity contribution >= 4 is 90.7 Å². The minimum absolute atomic E-state index is 0. The van der Waals surface area contributed by atoms with E-state index in [0.717, 1.165) is 38.8 Å². The molecule has 3 heterocycles. The van der Waals surface area contributed by atoms with Gasteiger partial charge in [-0.3, -0.25) is 9.97 Å². The largest absolute Gasteiger partial charge is 0.507 e. The number of phenols is 1. The molecular formula is C23H15CsN3O. The molecule has 0 amide bonds. The molecule has 0 saturated carbocycles. The molecule has 0 unspecified atom stereocenters. The van der Waals surface area contributed by atoms with Gasteiger partial charge in [-0.25, -0.2) is 4.98 Å². The fraction of sp³-hybridized carbons (Fsp3) is 0. The van der Waals surface area contributed by atoms with Crippen LogP contribution in [0.2, 0.25) is 0 Å². The Morgan fingerprint density at radius 2 is 1.43 bits per heavy atom. The first-order valence-corrected chi connectivity index (χ1v) is 8.69. The van der Waals surface area contributed by atoms with E-state index in [1.807, 2.05) is 48.5 Å². The third-order valence-electron chi connectivity index (χ3n) is 4.67. The number of pyridine rings is 3. The monoisotopic (exact) mass is 482 g/mol. The van der Waals surface area contributed by atoms with Gasteiger partial charge in [0.05, 0.1) is 22.4 Å².